The van der Waals surface area contributed by atoms with E-state index in [4.69, 9.17) is 16.3 Å². The summed E-state index contributed by atoms with van der Waals surface area (Å²) in [4.78, 5) is 12.2. The summed E-state index contributed by atoms with van der Waals surface area (Å²) < 4.78 is 6.77. The van der Waals surface area contributed by atoms with Crippen LogP contribution in [0.1, 0.15) is 5.56 Å². The first-order chi connectivity index (χ1) is 15.1. The molecule has 1 heterocycles. The first-order valence-electron chi connectivity index (χ1n) is 9.31. The predicted molar refractivity (Wildman–Crippen MR) is 131 cm³/mol. The fraction of sp³-hybridized carbons (Fsp3) is 0.136. The maximum atomic E-state index is 12.2. The molecule has 5 nitrogen and oxygen atoms in total. The monoisotopic (exact) mass is 487 g/mol. The van der Waals surface area contributed by atoms with E-state index < -0.39 is 0 Å². The van der Waals surface area contributed by atoms with Crippen molar-refractivity contribution in [3.05, 3.63) is 71.2 Å². The standard InChI is InChI=1S/C22H18ClN3O2S3/c1-28-19-10-9-16(11-18(19)23)24-20(27)13-30-22-26-25-21(31-22)29-12-15-7-4-6-14-5-2-3-8-17(14)15/h2-11H,12-13H2,1H3,(H,24,27). The largest absolute Gasteiger partial charge is 0.495 e. The fourth-order valence-corrected chi connectivity index (χ4v) is 6.02. The summed E-state index contributed by atoms with van der Waals surface area (Å²) in [5.74, 6) is 1.49. The van der Waals surface area contributed by atoms with Crippen LogP contribution in [0, 0.1) is 0 Å². The fourth-order valence-electron chi connectivity index (χ4n) is 2.94. The normalized spacial score (nSPS) is 10.9. The van der Waals surface area contributed by atoms with Crippen molar-refractivity contribution in [3.8, 4) is 5.75 Å². The van der Waals surface area contributed by atoms with Crippen molar-refractivity contribution in [2.45, 2.75) is 14.4 Å². The van der Waals surface area contributed by atoms with Crippen LogP contribution in [-0.4, -0.2) is 29.0 Å². The molecule has 4 rings (SSSR count). The van der Waals surface area contributed by atoms with Gasteiger partial charge in [0.25, 0.3) is 0 Å². The molecule has 0 atom stereocenters. The lowest BCUT2D eigenvalue weighted by molar-refractivity contribution is -0.113. The lowest BCUT2D eigenvalue weighted by atomic mass is 10.1. The summed E-state index contributed by atoms with van der Waals surface area (Å²) in [6.07, 6.45) is 0. The zero-order valence-electron chi connectivity index (χ0n) is 16.5. The molecule has 0 aliphatic carbocycles. The number of benzene rings is 3. The van der Waals surface area contributed by atoms with E-state index in [0.717, 1.165) is 14.4 Å². The van der Waals surface area contributed by atoms with Crippen LogP contribution in [0.3, 0.4) is 0 Å². The molecule has 1 N–H and O–H groups in total. The van der Waals surface area contributed by atoms with Gasteiger partial charge in [-0.25, -0.2) is 0 Å². The van der Waals surface area contributed by atoms with Crippen molar-refractivity contribution >= 4 is 68.8 Å². The number of rotatable bonds is 8. The Bertz CT molecular complexity index is 1210. The van der Waals surface area contributed by atoms with Gasteiger partial charge >= 0.3 is 0 Å². The average molecular weight is 488 g/mol. The van der Waals surface area contributed by atoms with Crippen molar-refractivity contribution in [1.82, 2.24) is 10.2 Å². The van der Waals surface area contributed by atoms with E-state index in [2.05, 4.69) is 51.9 Å². The Morgan fingerprint density at radius 3 is 2.65 bits per heavy atom. The van der Waals surface area contributed by atoms with Crippen molar-refractivity contribution in [3.63, 3.8) is 0 Å². The molecule has 0 saturated heterocycles. The van der Waals surface area contributed by atoms with Gasteiger partial charge in [0, 0.05) is 11.4 Å². The minimum Gasteiger partial charge on any atom is -0.495 e. The van der Waals surface area contributed by atoms with Crippen LogP contribution in [0.2, 0.25) is 5.02 Å². The van der Waals surface area contributed by atoms with Gasteiger partial charge in [0.1, 0.15) is 5.75 Å². The number of thioether (sulfide) groups is 2. The Labute approximate surface area is 197 Å². The Morgan fingerprint density at radius 1 is 1.06 bits per heavy atom. The highest BCUT2D eigenvalue weighted by molar-refractivity contribution is 8.03. The molecule has 31 heavy (non-hydrogen) atoms. The third kappa shape index (κ3) is 5.71. The Kier molecular flexibility index (Phi) is 7.34. The zero-order valence-corrected chi connectivity index (χ0v) is 19.7. The molecule has 0 aliphatic rings. The van der Waals surface area contributed by atoms with Crippen molar-refractivity contribution in [2.75, 3.05) is 18.2 Å². The summed E-state index contributed by atoms with van der Waals surface area (Å²) in [5.41, 5.74) is 1.89. The molecule has 1 amide bonds. The molecule has 0 unspecified atom stereocenters. The number of ether oxygens (including phenoxy) is 1. The lowest BCUT2D eigenvalue weighted by Gasteiger charge is -2.07. The van der Waals surface area contributed by atoms with E-state index in [0.29, 0.717) is 16.5 Å². The van der Waals surface area contributed by atoms with E-state index in [9.17, 15) is 4.79 Å². The van der Waals surface area contributed by atoms with Crippen LogP contribution in [0.25, 0.3) is 10.8 Å². The molecule has 0 bridgehead atoms. The number of hydrogen-bond donors (Lipinski definition) is 1. The number of fused-ring (bicyclic) bond motifs is 1. The molecule has 0 fully saturated rings. The van der Waals surface area contributed by atoms with Gasteiger partial charge in [0.15, 0.2) is 8.68 Å². The average Bonchev–Trinajstić information content (AvgIpc) is 3.24. The Balaban J connectivity index is 1.30. The number of hydrogen-bond acceptors (Lipinski definition) is 7. The molecule has 1 aromatic heterocycles. The number of carbonyl (C=O) groups is 1. The minimum absolute atomic E-state index is 0.133. The van der Waals surface area contributed by atoms with E-state index in [1.54, 1.807) is 37.1 Å². The molecule has 0 radical (unpaired) electrons. The lowest BCUT2D eigenvalue weighted by Crippen LogP contribution is -2.13. The van der Waals surface area contributed by atoms with Gasteiger partial charge in [-0.2, -0.15) is 0 Å². The molecule has 158 valence electrons. The Morgan fingerprint density at radius 2 is 1.84 bits per heavy atom. The highest BCUT2D eigenvalue weighted by Crippen LogP contribution is 2.32. The first kappa shape index (κ1) is 22.0. The molecular formula is C22H18ClN3O2S3. The second kappa shape index (κ2) is 10.4. The molecule has 9 heteroatoms. The van der Waals surface area contributed by atoms with Gasteiger partial charge in [0.2, 0.25) is 5.91 Å². The van der Waals surface area contributed by atoms with Crippen molar-refractivity contribution in [2.24, 2.45) is 0 Å². The number of nitrogens with zero attached hydrogens (tertiary/aromatic N) is 2. The van der Waals surface area contributed by atoms with Crippen molar-refractivity contribution in [1.29, 1.82) is 0 Å². The van der Waals surface area contributed by atoms with Gasteiger partial charge in [-0.1, -0.05) is 88.9 Å². The summed E-state index contributed by atoms with van der Waals surface area (Å²) >= 11 is 10.6. The van der Waals surface area contributed by atoms with Gasteiger partial charge in [-0.15, -0.1) is 10.2 Å². The number of anilines is 1. The second-order valence-electron chi connectivity index (χ2n) is 6.45. The summed E-state index contributed by atoms with van der Waals surface area (Å²) in [5, 5.41) is 14.2. The van der Waals surface area contributed by atoms with Crippen molar-refractivity contribution < 1.29 is 9.53 Å². The van der Waals surface area contributed by atoms with Crippen LogP contribution in [0.15, 0.2) is 69.3 Å². The van der Waals surface area contributed by atoms with Crippen LogP contribution < -0.4 is 10.1 Å². The van der Waals surface area contributed by atoms with E-state index in [1.165, 1.54) is 39.4 Å². The van der Waals surface area contributed by atoms with Crippen LogP contribution >= 0.6 is 46.5 Å². The minimum atomic E-state index is -0.133. The van der Waals surface area contributed by atoms with Crippen LogP contribution in [0.4, 0.5) is 5.69 Å². The molecule has 3 aromatic carbocycles. The number of aromatic nitrogens is 2. The predicted octanol–water partition coefficient (Wildman–Crippen LogP) is 6.38. The smallest absolute Gasteiger partial charge is 0.234 e. The SMILES string of the molecule is COc1ccc(NC(=O)CSc2nnc(SCc3cccc4ccccc34)s2)cc1Cl. The molecule has 0 spiro atoms. The summed E-state index contributed by atoms with van der Waals surface area (Å²) in [6, 6.07) is 19.8. The maximum Gasteiger partial charge on any atom is 0.234 e. The number of carbonyl (C=O) groups excluding carboxylic acids is 1. The van der Waals surface area contributed by atoms with Gasteiger partial charge in [-0.3, -0.25) is 4.79 Å². The molecular weight excluding hydrogens is 470 g/mol. The highest BCUT2D eigenvalue weighted by atomic mass is 35.5. The number of halogens is 1. The molecule has 4 aromatic rings. The van der Waals surface area contributed by atoms with Gasteiger partial charge in [0.05, 0.1) is 17.9 Å². The number of amides is 1. The summed E-state index contributed by atoms with van der Waals surface area (Å²) in [7, 11) is 1.55. The summed E-state index contributed by atoms with van der Waals surface area (Å²) in [6.45, 7) is 0. The topological polar surface area (TPSA) is 64.1 Å². The van der Waals surface area contributed by atoms with E-state index in [-0.39, 0.29) is 11.7 Å². The van der Waals surface area contributed by atoms with Gasteiger partial charge in [-0.05, 0) is 34.5 Å². The maximum absolute atomic E-state index is 12.2. The second-order valence-corrected chi connectivity index (χ2v) is 10.3. The Hall–Kier alpha value is -2.26. The van der Waals surface area contributed by atoms with E-state index >= 15 is 0 Å². The van der Waals surface area contributed by atoms with Crippen LogP contribution in [0.5, 0.6) is 5.75 Å². The number of nitrogens with one attached hydrogen (secondary N) is 1. The molecule has 0 saturated carbocycles. The van der Waals surface area contributed by atoms with Crippen LogP contribution in [-0.2, 0) is 10.5 Å². The van der Waals surface area contributed by atoms with E-state index in [1.807, 2.05) is 6.07 Å². The third-order valence-corrected chi connectivity index (χ3v) is 7.92. The number of methoxy groups -OCH3 is 1. The molecule has 0 aliphatic heterocycles. The zero-order chi connectivity index (χ0) is 21.6. The van der Waals surface area contributed by atoms with Gasteiger partial charge < -0.3 is 10.1 Å². The quantitative estimate of drug-likeness (QED) is 0.291. The highest BCUT2D eigenvalue weighted by Gasteiger charge is 2.11. The third-order valence-electron chi connectivity index (χ3n) is 4.38. The first-order valence-corrected chi connectivity index (χ1v) is 12.5.